The molecule has 4 aromatic rings. The van der Waals surface area contributed by atoms with Gasteiger partial charge in [0.15, 0.2) is 0 Å². The molecular weight excluding hydrogens is 416 g/mol. The largest absolute Gasteiger partial charge is 0.491 e. The second-order valence-electron chi connectivity index (χ2n) is 7.86. The second-order valence-corrected chi connectivity index (χ2v) is 7.86. The van der Waals surface area contributed by atoms with Crippen molar-refractivity contribution in [2.45, 2.75) is 0 Å². The van der Waals surface area contributed by atoms with Crippen LogP contribution < -0.4 is 4.74 Å². The molecule has 0 bridgehead atoms. The van der Waals surface area contributed by atoms with E-state index in [0.717, 1.165) is 33.3 Å². The minimum absolute atomic E-state index is 0.0510. The standard InChI is InChI=1S/C26H22N4O3/c1-32-9-7-30-8-10-33-24-13-18(5-6-21(24)26(30)31)20-12-22-23(16-29-25(22)28-15-20)19-4-2-3-17(11-19)14-27/h2-6,11-13,15-16H,7-10H2,1H3,(H,28,29). The van der Waals surface area contributed by atoms with E-state index in [4.69, 9.17) is 9.47 Å². The molecule has 1 aliphatic heterocycles. The Hall–Kier alpha value is -4.15. The Balaban J connectivity index is 1.52. The minimum atomic E-state index is -0.0510. The number of benzene rings is 2. The van der Waals surface area contributed by atoms with Gasteiger partial charge in [-0.3, -0.25) is 4.79 Å². The summed E-state index contributed by atoms with van der Waals surface area (Å²) in [5, 5.41) is 10.2. The van der Waals surface area contributed by atoms with E-state index in [9.17, 15) is 10.1 Å². The third kappa shape index (κ3) is 3.93. The Morgan fingerprint density at radius 3 is 2.91 bits per heavy atom. The molecule has 3 heterocycles. The number of carbonyl (C=O) groups is 1. The smallest absolute Gasteiger partial charge is 0.257 e. The number of methoxy groups -OCH3 is 1. The molecule has 0 unspecified atom stereocenters. The predicted molar refractivity (Wildman–Crippen MR) is 125 cm³/mol. The average molecular weight is 438 g/mol. The summed E-state index contributed by atoms with van der Waals surface area (Å²) in [4.78, 5) is 22.5. The van der Waals surface area contributed by atoms with Gasteiger partial charge < -0.3 is 19.4 Å². The van der Waals surface area contributed by atoms with E-state index in [0.29, 0.717) is 43.2 Å². The predicted octanol–water partition coefficient (Wildman–Crippen LogP) is 4.25. The van der Waals surface area contributed by atoms with Gasteiger partial charge in [0, 0.05) is 42.6 Å². The molecule has 0 saturated carbocycles. The molecule has 2 aromatic heterocycles. The van der Waals surface area contributed by atoms with E-state index < -0.39 is 0 Å². The van der Waals surface area contributed by atoms with E-state index in [2.05, 4.69) is 22.1 Å². The number of aromatic amines is 1. The zero-order valence-electron chi connectivity index (χ0n) is 18.2. The number of hydrogen-bond donors (Lipinski definition) is 1. The van der Waals surface area contributed by atoms with Gasteiger partial charge in [0.05, 0.1) is 30.3 Å². The first-order valence-corrected chi connectivity index (χ1v) is 10.7. The van der Waals surface area contributed by atoms with Crippen LogP contribution in [0, 0.1) is 11.3 Å². The van der Waals surface area contributed by atoms with Gasteiger partial charge in [0.2, 0.25) is 0 Å². The fourth-order valence-electron chi connectivity index (χ4n) is 4.11. The lowest BCUT2D eigenvalue weighted by Gasteiger charge is -2.19. The van der Waals surface area contributed by atoms with E-state index >= 15 is 0 Å². The van der Waals surface area contributed by atoms with Gasteiger partial charge in [0.1, 0.15) is 18.0 Å². The number of rotatable bonds is 5. The molecule has 1 N–H and O–H groups in total. The van der Waals surface area contributed by atoms with E-state index in [1.807, 2.05) is 42.6 Å². The van der Waals surface area contributed by atoms with Crippen molar-refractivity contribution in [3.05, 3.63) is 72.1 Å². The quantitative estimate of drug-likeness (QED) is 0.503. The summed E-state index contributed by atoms with van der Waals surface area (Å²) in [5.41, 5.74) is 5.69. The SMILES string of the molecule is COCCN1CCOc2cc(-c3cnc4[nH]cc(-c5cccc(C#N)c5)c4c3)ccc2C1=O. The minimum Gasteiger partial charge on any atom is -0.491 e. The second kappa shape index (κ2) is 8.77. The average Bonchev–Trinajstić information content (AvgIpc) is 3.22. The normalized spacial score (nSPS) is 13.3. The van der Waals surface area contributed by atoms with Crippen LogP contribution in [0.3, 0.4) is 0 Å². The Labute approximate surface area is 191 Å². The number of pyridine rings is 1. The zero-order valence-corrected chi connectivity index (χ0v) is 18.2. The maximum absolute atomic E-state index is 12.9. The van der Waals surface area contributed by atoms with E-state index in [1.165, 1.54) is 0 Å². The summed E-state index contributed by atoms with van der Waals surface area (Å²) in [7, 11) is 1.63. The number of hydrogen-bond acceptors (Lipinski definition) is 5. The number of nitrogens with one attached hydrogen (secondary N) is 1. The molecule has 5 rings (SSSR count). The maximum Gasteiger partial charge on any atom is 0.257 e. The zero-order chi connectivity index (χ0) is 22.8. The summed E-state index contributed by atoms with van der Waals surface area (Å²) in [6.45, 7) is 1.97. The van der Waals surface area contributed by atoms with E-state index in [-0.39, 0.29) is 5.91 Å². The van der Waals surface area contributed by atoms with Crippen LogP contribution in [0.15, 0.2) is 60.9 Å². The van der Waals surface area contributed by atoms with Gasteiger partial charge in [-0.05, 0) is 41.5 Å². The Morgan fingerprint density at radius 1 is 1.15 bits per heavy atom. The summed E-state index contributed by atoms with van der Waals surface area (Å²) < 4.78 is 11.0. The summed E-state index contributed by atoms with van der Waals surface area (Å²) >= 11 is 0. The van der Waals surface area contributed by atoms with Crippen LogP contribution in [0.5, 0.6) is 5.75 Å². The first-order chi connectivity index (χ1) is 16.2. The molecule has 0 aliphatic carbocycles. The lowest BCUT2D eigenvalue weighted by Crippen LogP contribution is -2.35. The first-order valence-electron chi connectivity index (χ1n) is 10.7. The third-order valence-electron chi connectivity index (χ3n) is 5.85. The van der Waals surface area contributed by atoms with Gasteiger partial charge >= 0.3 is 0 Å². The molecule has 2 aromatic carbocycles. The highest BCUT2D eigenvalue weighted by atomic mass is 16.5. The number of aromatic nitrogens is 2. The number of fused-ring (bicyclic) bond motifs is 2. The summed E-state index contributed by atoms with van der Waals surface area (Å²) in [5.74, 6) is 0.526. The number of nitrogens with zero attached hydrogens (tertiary/aromatic N) is 3. The van der Waals surface area contributed by atoms with Crippen molar-refractivity contribution < 1.29 is 14.3 Å². The van der Waals surface area contributed by atoms with Crippen molar-refractivity contribution in [3.8, 4) is 34.1 Å². The van der Waals surface area contributed by atoms with Crippen LogP contribution in [0.1, 0.15) is 15.9 Å². The topological polar surface area (TPSA) is 91.2 Å². The van der Waals surface area contributed by atoms with Crippen LogP contribution in [-0.2, 0) is 4.74 Å². The molecule has 33 heavy (non-hydrogen) atoms. The van der Waals surface area contributed by atoms with Crippen molar-refractivity contribution in [2.75, 3.05) is 33.4 Å². The van der Waals surface area contributed by atoms with Crippen molar-refractivity contribution in [1.29, 1.82) is 5.26 Å². The van der Waals surface area contributed by atoms with Crippen LogP contribution in [-0.4, -0.2) is 54.2 Å². The molecule has 0 spiro atoms. The van der Waals surface area contributed by atoms with Gasteiger partial charge in [-0.15, -0.1) is 0 Å². The monoisotopic (exact) mass is 438 g/mol. The highest BCUT2D eigenvalue weighted by molar-refractivity contribution is 5.99. The first kappa shape index (κ1) is 20.7. The molecule has 7 nitrogen and oxygen atoms in total. The molecule has 0 fully saturated rings. The molecule has 1 amide bonds. The molecule has 0 saturated heterocycles. The number of carbonyl (C=O) groups excluding carboxylic acids is 1. The van der Waals surface area contributed by atoms with Crippen LogP contribution in [0.25, 0.3) is 33.3 Å². The maximum atomic E-state index is 12.9. The number of H-pyrrole nitrogens is 1. The number of nitriles is 1. The van der Waals surface area contributed by atoms with Gasteiger partial charge in [-0.1, -0.05) is 18.2 Å². The summed E-state index contributed by atoms with van der Waals surface area (Å²) in [6, 6.07) is 17.4. The van der Waals surface area contributed by atoms with Crippen LogP contribution >= 0.6 is 0 Å². The van der Waals surface area contributed by atoms with Crippen molar-refractivity contribution in [3.63, 3.8) is 0 Å². The lowest BCUT2D eigenvalue weighted by molar-refractivity contribution is 0.0693. The number of ether oxygens (including phenoxy) is 2. The molecule has 1 aliphatic rings. The fourth-order valence-corrected chi connectivity index (χ4v) is 4.11. The molecule has 0 atom stereocenters. The molecular formula is C26H22N4O3. The summed E-state index contributed by atoms with van der Waals surface area (Å²) in [6.07, 6.45) is 3.71. The van der Waals surface area contributed by atoms with Crippen molar-refractivity contribution in [2.24, 2.45) is 0 Å². The van der Waals surface area contributed by atoms with Gasteiger partial charge in [-0.25, -0.2) is 4.98 Å². The van der Waals surface area contributed by atoms with Gasteiger partial charge in [-0.2, -0.15) is 5.26 Å². The van der Waals surface area contributed by atoms with Crippen molar-refractivity contribution in [1.82, 2.24) is 14.9 Å². The fraction of sp³-hybridized carbons (Fsp3) is 0.192. The van der Waals surface area contributed by atoms with Crippen molar-refractivity contribution >= 4 is 16.9 Å². The number of amides is 1. The van der Waals surface area contributed by atoms with Crippen LogP contribution in [0.4, 0.5) is 0 Å². The Bertz CT molecular complexity index is 1390. The lowest BCUT2D eigenvalue weighted by atomic mass is 10.00. The Morgan fingerprint density at radius 2 is 2.06 bits per heavy atom. The molecule has 7 heteroatoms. The molecule has 164 valence electrons. The Kier molecular flexibility index (Phi) is 5.51. The van der Waals surface area contributed by atoms with E-state index in [1.54, 1.807) is 24.3 Å². The highest BCUT2D eigenvalue weighted by Gasteiger charge is 2.23. The van der Waals surface area contributed by atoms with Gasteiger partial charge in [0.25, 0.3) is 5.91 Å². The highest BCUT2D eigenvalue weighted by Crippen LogP contribution is 2.34. The van der Waals surface area contributed by atoms with Crippen LogP contribution in [0.2, 0.25) is 0 Å². The molecule has 0 radical (unpaired) electrons. The third-order valence-corrected chi connectivity index (χ3v) is 5.85.